The van der Waals surface area contributed by atoms with Gasteiger partial charge in [-0.15, -0.1) is 5.10 Å². The van der Waals surface area contributed by atoms with Crippen LogP contribution in [0.15, 0.2) is 140 Å². The van der Waals surface area contributed by atoms with Crippen LogP contribution < -0.4 is 22.1 Å². The topological polar surface area (TPSA) is 289 Å². The molecule has 0 saturated carbocycles. The van der Waals surface area contributed by atoms with Gasteiger partial charge in [-0.2, -0.15) is 0 Å². The van der Waals surface area contributed by atoms with Crippen molar-refractivity contribution in [3.63, 3.8) is 0 Å². The van der Waals surface area contributed by atoms with E-state index in [0.29, 0.717) is 81.4 Å². The number of fused-ring (bicyclic) bond motifs is 2. The molecule has 23 nitrogen and oxygen atoms in total. The van der Waals surface area contributed by atoms with E-state index >= 15 is 9.59 Å². The summed E-state index contributed by atoms with van der Waals surface area (Å²) in [6, 6.07) is 30.8. The highest BCUT2D eigenvalue weighted by Crippen LogP contribution is 2.28. The molecule has 472 valence electrons. The van der Waals surface area contributed by atoms with Crippen molar-refractivity contribution in [3.8, 4) is 0 Å². The molecule has 9 rings (SSSR count). The molecule has 0 spiro atoms. The summed E-state index contributed by atoms with van der Waals surface area (Å²) in [7, 11) is 6.21. The van der Waals surface area contributed by atoms with Crippen LogP contribution in [0.25, 0.3) is 21.8 Å². The molecule has 3 aromatic heterocycles. The lowest BCUT2D eigenvalue weighted by Gasteiger charge is -2.36. The Balaban J connectivity index is 0.984. The van der Waals surface area contributed by atoms with Gasteiger partial charge in [-0.3, -0.25) is 53.0 Å². The Morgan fingerprint density at radius 1 is 0.544 bits per heavy atom. The van der Waals surface area contributed by atoms with Gasteiger partial charge in [0.05, 0.1) is 27.9 Å². The van der Waals surface area contributed by atoms with E-state index in [1.807, 2.05) is 109 Å². The number of amides is 8. The van der Waals surface area contributed by atoms with Gasteiger partial charge in [-0.25, -0.2) is 0 Å². The summed E-state index contributed by atoms with van der Waals surface area (Å²) in [5, 5.41) is 16.3. The fourth-order valence-corrected chi connectivity index (χ4v) is 12.0. The molecule has 2 aliphatic heterocycles. The average molecular weight is 1220 g/mol. The number of hydrogen-bond acceptors (Lipinski definition) is 14. The van der Waals surface area contributed by atoms with E-state index < -0.39 is 71.7 Å². The number of carbonyl (C=O) groups is 8. The van der Waals surface area contributed by atoms with Gasteiger partial charge < -0.3 is 51.5 Å². The number of likely N-dealkylation sites (N-methyl/N-ethyl adjacent to an activating group) is 4. The van der Waals surface area contributed by atoms with Gasteiger partial charge in [0.15, 0.2) is 0 Å². The molecule has 0 aliphatic carbocycles. The summed E-state index contributed by atoms with van der Waals surface area (Å²) in [4.78, 5) is 135. The maximum atomic E-state index is 15.4. The Hall–Kier alpha value is -9.48. The summed E-state index contributed by atoms with van der Waals surface area (Å²) in [5.74, 6) is -3.54. The van der Waals surface area contributed by atoms with Gasteiger partial charge in [0, 0.05) is 110 Å². The molecule has 4 aromatic carbocycles. The van der Waals surface area contributed by atoms with Gasteiger partial charge >= 0.3 is 0 Å². The van der Waals surface area contributed by atoms with E-state index in [0.717, 1.165) is 21.9 Å². The minimum atomic E-state index is -1.23. The molecule has 2 fully saturated rings. The lowest BCUT2D eigenvalue weighted by molar-refractivity contribution is -0.148. The summed E-state index contributed by atoms with van der Waals surface area (Å²) in [6.07, 6.45) is 7.56. The SMILES string of the molecule is CN(C(=O)c1cnc2ccccc2c1)[C@@H](CCn1cc(C[C@@H](C(=O)N2CCC[C@H]2C(=O)N(C)[C@@H](Cc2ccccc2)C(=O)NCCCN)N(C)C(=O)c2cnc3ccccc3c2)nn1)C(=O)N1CCC[C@H]1C(=O)N(C)[C@@H](Cc1ccccc1)C(=O)NCCCN. The zero-order valence-electron chi connectivity index (χ0n) is 51.6. The zero-order valence-corrected chi connectivity index (χ0v) is 51.6. The second kappa shape index (κ2) is 30.6. The predicted octanol–water partition coefficient (Wildman–Crippen LogP) is 3.64. The van der Waals surface area contributed by atoms with Crippen LogP contribution in [0, 0.1) is 0 Å². The summed E-state index contributed by atoms with van der Waals surface area (Å²) in [5.41, 5.74) is 15.3. The molecule has 0 radical (unpaired) electrons. The van der Waals surface area contributed by atoms with Crippen molar-refractivity contribution in [1.29, 1.82) is 0 Å². The number of carbonyl (C=O) groups excluding carboxylic acids is 8. The molecule has 0 unspecified atom stereocenters. The molecule has 90 heavy (non-hydrogen) atoms. The molecule has 6 atom stereocenters. The number of rotatable bonds is 27. The van der Waals surface area contributed by atoms with E-state index in [-0.39, 0.29) is 68.3 Å². The molecule has 0 bridgehead atoms. The van der Waals surface area contributed by atoms with E-state index in [1.54, 1.807) is 32.4 Å². The number of likely N-dealkylation sites (tertiary alicyclic amines) is 2. The van der Waals surface area contributed by atoms with Gasteiger partial charge in [0.25, 0.3) is 11.8 Å². The number of nitrogens with one attached hydrogen (secondary N) is 2. The lowest BCUT2D eigenvalue weighted by Crippen LogP contribution is -2.57. The van der Waals surface area contributed by atoms with Crippen LogP contribution >= 0.6 is 0 Å². The van der Waals surface area contributed by atoms with E-state index in [4.69, 9.17) is 11.5 Å². The van der Waals surface area contributed by atoms with E-state index in [2.05, 4.69) is 30.9 Å². The molecule has 8 amide bonds. The van der Waals surface area contributed by atoms with Crippen molar-refractivity contribution in [2.24, 2.45) is 11.5 Å². The fraction of sp³-hybridized carbons (Fsp3) is 0.403. The minimum absolute atomic E-state index is 0.00454. The first-order valence-corrected chi connectivity index (χ1v) is 30.9. The lowest BCUT2D eigenvalue weighted by atomic mass is 10.0. The minimum Gasteiger partial charge on any atom is -0.354 e. The number of aromatic nitrogens is 5. The molecule has 6 N–H and O–H groups in total. The monoisotopic (exact) mass is 1220 g/mol. The highest BCUT2D eigenvalue weighted by Gasteiger charge is 2.45. The number of para-hydroxylation sites is 2. The van der Waals surface area contributed by atoms with Gasteiger partial charge in [-0.05, 0) is 93.4 Å². The third-order valence-electron chi connectivity index (χ3n) is 17.2. The Bertz CT molecular complexity index is 3660. The molecule has 23 heteroatoms. The Kier molecular flexibility index (Phi) is 22.1. The van der Waals surface area contributed by atoms with E-state index in [1.165, 1.54) is 60.6 Å². The van der Waals surface area contributed by atoms with Crippen molar-refractivity contribution >= 4 is 69.1 Å². The second-order valence-electron chi connectivity index (χ2n) is 23.2. The van der Waals surface area contributed by atoms with Gasteiger partial charge in [-0.1, -0.05) is 102 Å². The van der Waals surface area contributed by atoms with Crippen LogP contribution in [-0.2, 0) is 54.6 Å². The molecule has 2 saturated heterocycles. The van der Waals surface area contributed by atoms with Crippen molar-refractivity contribution in [1.82, 2.24) is 65.0 Å². The summed E-state index contributed by atoms with van der Waals surface area (Å²) < 4.78 is 1.50. The number of aryl methyl sites for hydroxylation is 1. The third-order valence-corrected chi connectivity index (χ3v) is 17.2. The van der Waals surface area contributed by atoms with Crippen molar-refractivity contribution in [3.05, 3.63) is 168 Å². The maximum absolute atomic E-state index is 15.4. The first-order chi connectivity index (χ1) is 43.6. The first-order valence-electron chi connectivity index (χ1n) is 30.9. The second-order valence-corrected chi connectivity index (χ2v) is 23.2. The van der Waals surface area contributed by atoms with Crippen molar-refractivity contribution in [2.75, 3.05) is 67.5 Å². The summed E-state index contributed by atoms with van der Waals surface area (Å²) >= 11 is 0. The number of nitrogens with zero attached hydrogens (tertiary/aromatic N) is 11. The molecular weight excluding hydrogens is 1140 g/mol. The predicted molar refractivity (Wildman–Crippen MR) is 340 cm³/mol. The molecule has 7 aromatic rings. The highest BCUT2D eigenvalue weighted by atomic mass is 16.2. The van der Waals surface area contributed by atoms with Crippen LogP contribution in [0.3, 0.4) is 0 Å². The standard InChI is InChI=1S/C67H81N15O8/c1-76(62(85)49-39-47-23-11-13-25-52(47)72-42-49)54(66(89)81-34-15-27-55(81)64(87)77(2)57(60(83)70-32-17-30-68)37-45-19-7-5-8-20-45)29-36-80-44-51(74-75-80)41-59(79(4)63(86)50-40-48-24-12-14-26-53(48)73-43-50)67(90)82-35-16-28-56(82)65(88)78(3)58(61(84)71-33-18-31-69)38-46-21-9-6-10-22-46/h5-14,19-26,39-40,42-44,54-59H,15-18,27-38,41,68-69H2,1-4H3,(H,70,83)(H,71,84)/t54-,55-,56-,57-,58-,59-/m0/s1. The molecule has 5 heterocycles. The Morgan fingerprint density at radius 2 is 0.978 bits per heavy atom. The van der Waals surface area contributed by atoms with E-state index in [9.17, 15) is 28.8 Å². The largest absolute Gasteiger partial charge is 0.354 e. The quantitative estimate of drug-likeness (QED) is 0.0535. The smallest absolute Gasteiger partial charge is 0.255 e. The Labute approximate surface area is 524 Å². The van der Waals surface area contributed by atoms with Gasteiger partial charge in [0.2, 0.25) is 35.4 Å². The third kappa shape index (κ3) is 15.5. The van der Waals surface area contributed by atoms with Crippen LogP contribution in [0.5, 0.6) is 0 Å². The number of pyridine rings is 2. The first kappa shape index (κ1) is 65.0. The zero-order chi connectivity index (χ0) is 63.8. The van der Waals surface area contributed by atoms with Crippen LogP contribution in [0.2, 0.25) is 0 Å². The van der Waals surface area contributed by atoms with Crippen LogP contribution in [0.4, 0.5) is 0 Å². The number of hydrogen-bond donors (Lipinski definition) is 4. The number of nitrogens with two attached hydrogens (primary N) is 2. The highest BCUT2D eigenvalue weighted by molar-refractivity contribution is 6.02. The Morgan fingerprint density at radius 3 is 1.44 bits per heavy atom. The molecular formula is C67H81N15O8. The average Bonchev–Trinajstić information content (AvgIpc) is 1.79. The fourth-order valence-electron chi connectivity index (χ4n) is 12.0. The molecule has 2 aliphatic rings. The maximum Gasteiger partial charge on any atom is 0.255 e. The normalized spacial score (nSPS) is 16.0. The van der Waals surface area contributed by atoms with Crippen molar-refractivity contribution in [2.45, 2.75) is 107 Å². The van der Waals surface area contributed by atoms with Gasteiger partial charge in [0.1, 0.15) is 36.3 Å². The van der Waals surface area contributed by atoms with Crippen molar-refractivity contribution < 1.29 is 38.4 Å². The van der Waals surface area contributed by atoms with Crippen LogP contribution in [-0.4, -0.2) is 205 Å². The number of benzene rings is 4. The summed E-state index contributed by atoms with van der Waals surface area (Å²) in [6.45, 7) is 1.84. The van der Waals surface area contributed by atoms with Crippen LogP contribution in [0.1, 0.15) is 82.5 Å².